The predicted octanol–water partition coefficient (Wildman–Crippen LogP) is 0.566. The molecule has 1 aromatic rings. The van der Waals surface area contributed by atoms with Gasteiger partial charge in [0.1, 0.15) is 13.2 Å². The highest BCUT2D eigenvalue weighted by atomic mass is 16.6. The van der Waals surface area contributed by atoms with Crippen molar-refractivity contribution in [2.75, 3.05) is 32.9 Å². The normalized spacial score (nSPS) is 16.2. The molecule has 24 heavy (non-hydrogen) atoms. The van der Waals surface area contributed by atoms with E-state index in [1.54, 1.807) is 24.3 Å². The second-order valence-corrected chi connectivity index (χ2v) is 5.12. The fraction of sp³-hybridized carbons (Fsp3) is 0.312. The molecule has 0 aliphatic carbocycles. The van der Waals surface area contributed by atoms with Gasteiger partial charge in [0.2, 0.25) is 0 Å². The van der Waals surface area contributed by atoms with Gasteiger partial charge in [-0.2, -0.15) is 0 Å². The number of fused-ring (bicyclic) bond motifs is 1. The van der Waals surface area contributed by atoms with Crippen molar-refractivity contribution in [3.05, 3.63) is 29.8 Å². The number of ether oxygens (including phenoxy) is 3. The molecule has 1 fully saturated rings. The Labute approximate surface area is 138 Å². The molecule has 0 bridgehead atoms. The molecule has 1 aromatic carbocycles. The Kier molecular flexibility index (Phi) is 4.64. The van der Waals surface area contributed by atoms with Gasteiger partial charge in [-0.1, -0.05) is 6.07 Å². The summed E-state index contributed by atoms with van der Waals surface area (Å²) in [4.78, 5) is 35.7. The number of nitrogens with one attached hydrogen (secondary N) is 1. The van der Waals surface area contributed by atoms with Crippen LogP contribution in [0.3, 0.4) is 0 Å². The van der Waals surface area contributed by atoms with Crippen molar-refractivity contribution in [3.63, 3.8) is 0 Å². The van der Waals surface area contributed by atoms with E-state index in [9.17, 15) is 14.4 Å². The average molecular weight is 332 g/mol. The van der Waals surface area contributed by atoms with Crippen LogP contribution < -0.4 is 14.8 Å². The van der Waals surface area contributed by atoms with Gasteiger partial charge in [-0.3, -0.25) is 9.69 Å². The van der Waals surface area contributed by atoms with Crippen LogP contribution in [-0.4, -0.2) is 55.7 Å². The summed E-state index contributed by atoms with van der Waals surface area (Å²) in [6.07, 6.45) is 2.76. The standard InChI is InChI=1S/C16H16N2O6/c19-14(18-6-5-17-16(18)21)10-24-15(20)4-2-11-1-3-12-13(9-11)23-8-7-22-12/h1-4,9H,5-8,10H2,(H,17,21)/b4-2+. The highest BCUT2D eigenvalue weighted by Crippen LogP contribution is 2.31. The van der Waals surface area contributed by atoms with Crippen LogP contribution in [0.15, 0.2) is 24.3 Å². The number of rotatable bonds is 4. The lowest BCUT2D eigenvalue weighted by Crippen LogP contribution is -2.37. The van der Waals surface area contributed by atoms with Crippen molar-refractivity contribution < 1.29 is 28.6 Å². The lowest BCUT2D eigenvalue weighted by molar-refractivity contribution is -0.146. The molecule has 2 aliphatic heterocycles. The molecule has 2 heterocycles. The summed E-state index contributed by atoms with van der Waals surface area (Å²) in [6, 6.07) is 4.81. The number of nitrogens with zero attached hydrogens (tertiary/aromatic N) is 1. The van der Waals surface area contributed by atoms with Gasteiger partial charge in [0, 0.05) is 19.2 Å². The minimum atomic E-state index is -0.669. The third-order valence-corrected chi connectivity index (χ3v) is 3.47. The second-order valence-electron chi connectivity index (χ2n) is 5.12. The first-order valence-electron chi connectivity index (χ1n) is 7.46. The van der Waals surface area contributed by atoms with E-state index in [4.69, 9.17) is 14.2 Å². The Balaban J connectivity index is 1.52. The predicted molar refractivity (Wildman–Crippen MR) is 82.5 cm³/mol. The Morgan fingerprint density at radius 1 is 1.25 bits per heavy atom. The number of amides is 3. The number of benzene rings is 1. The minimum Gasteiger partial charge on any atom is -0.486 e. The summed E-state index contributed by atoms with van der Waals surface area (Å²) in [7, 11) is 0. The first-order valence-corrected chi connectivity index (χ1v) is 7.46. The molecule has 0 saturated carbocycles. The van der Waals surface area contributed by atoms with Gasteiger partial charge in [0.05, 0.1) is 0 Å². The molecule has 0 aromatic heterocycles. The van der Waals surface area contributed by atoms with Crippen LogP contribution in [0.2, 0.25) is 0 Å². The number of imide groups is 1. The molecule has 0 unspecified atom stereocenters. The van der Waals surface area contributed by atoms with E-state index < -0.39 is 24.5 Å². The first-order chi connectivity index (χ1) is 11.6. The summed E-state index contributed by atoms with van der Waals surface area (Å²) in [5.74, 6) is 0.0615. The SMILES string of the molecule is O=C(/C=C/c1ccc2c(c1)OCCO2)OCC(=O)N1CCNC1=O. The molecule has 3 amide bonds. The molecule has 8 nitrogen and oxygen atoms in total. The molecule has 8 heteroatoms. The van der Waals surface area contributed by atoms with E-state index in [2.05, 4.69) is 5.32 Å². The van der Waals surface area contributed by atoms with Crippen LogP contribution in [0.5, 0.6) is 11.5 Å². The fourth-order valence-corrected chi connectivity index (χ4v) is 2.30. The number of hydrogen-bond acceptors (Lipinski definition) is 6. The van der Waals surface area contributed by atoms with E-state index >= 15 is 0 Å². The van der Waals surface area contributed by atoms with Crippen LogP contribution in [0.4, 0.5) is 4.79 Å². The summed E-state index contributed by atoms with van der Waals surface area (Å²) in [5.41, 5.74) is 0.737. The highest BCUT2D eigenvalue weighted by Gasteiger charge is 2.26. The van der Waals surface area contributed by atoms with E-state index in [1.165, 1.54) is 6.08 Å². The third kappa shape index (κ3) is 3.65. The van der Waals surface area contributed by atoms with Gasteiger partial charge in [-0.25, -0.2) is 9.59 Å². The lowest BCUT2D eigenvalue weighted by atomic mass is 10.2. The maximum absolute atomic E-state index is 11.7. The van der Waals surface area contributed by atoms with Crippen molar-refractivity contribution in [1.29, 1.82) is 0 Å². The smallest absolute Gasteiger partial charge is 0.331 e. The minimum absolute atomic E-state index is 0.280. The van der Waals surface area contributed by atoms with E-state index in [0.29, 0.717) is 31.3 Å². The van der Waals surface area contributed by atoms with Gasteiger partial charge in [0.15, 0.2) is 18.1 Å². The molecule has 126 valence electrons. The summed E-state index contributed by atoms with van der Waals surface area (Å²) >= 11 is 0. The number of esters is 1. The molecule has 1 saturated heterocycles. The molecule has 1 N–H and O–H groups in total. The van der Waals surface area contributed by atoms with Crippen LogP contribution >= 0.6 is 0 Å². The average Bonchev–Trinajstić information content (AvgIpc) is 3.03. The molecule has 2 aliphatic rings. The van der Waals surface area contributed by atoms with E-state index in [0.717, 1.165) is 10.5 Å². The maximum Gasteiger partial charge on any atom is 0.331 e. The van der Waals surface area contributed by atoms with E-state index in [-0.39, 0.29) is 6.54 Å². The van der Waals surface area contributed by atoms with Gasteiger partial charge >= 0.3 is 12.0 Å². The van der Waals surface area contributed by atoms with Crippen molar-refractivity contribution in [1.82, 2.24) is 10.2 Å². The molecule has 0 spiro atoms. The van der Waals surface area contributed by atoms with Crippen LogP contribution in [0.25, 0.3) is 6.08 Å². The Morgan fingerprint density at radius 3 is 2.79 bits per heavy atom. The summed E-state index contributed by atoms with van der Waals surface area (Å²) in [6.45, 7) is 1.20. The van der Waals surface area contributed by atoms with Crippen molar-refractivity contribution >= 4 is 24.0 Å². The number of hydrogen-bond donors (Lipinski definition) is 1. The topological polar surface area (TPSA) is 94.2 Å². The van der Waals surface area contributed by atoms with Crippen molar-refractivity contribution in [2.45, 2.75) is 0 Å². The Bertz CT molecular complexity index is 700. The molecular formula is C16H16N2O6. The Hall–Kier alpha value is -3.03. The maximum atomic E-state index is 11.7. The zero-order chi connectivity index (χ0) is 16.9. The van der Waals surface area contributed by atoms with Gasteiger partial charge < -0.3 is 19.5 Å². The highest BCUT2D eigenvalue weighted by molar-refractivity contribution is 5.97. The quantitative estimate of drug-likeness (QED) is 0.640. The number of carbonyl (C=O) groups is 3. The third-order valence-electron chi connectivity index (χ3n) is 3.47. The first kappa shape index (κ1) is 15.9. The molecule has 0 radical (unpaired) electrons. The largest absolute Gasteiger partial charge is 0.486 e. The van der Waals surface area contributed by atoms with Gasteiger partial charge in [0.25, 0.3) is 5.91 Å². The van der Waals surface area contributed by atoms with Crippen molar-refractivity contribution in [3.8, 4) is 11.5 Å². The van der Waals surface area contributed by atoms with Crippen molar-refractivity contribution in [2.24, 2.45) is 0 Å². The van der Waals surface area contributed by atoms with Crippen LogP contribution in [0, 0.1) is 0 Å². The summed E-state index contributed by atoms with van der Waals surface area (Å²) in [5, 5.41) is 2.50. The van der Waals surface area contributed by atoms with Crippen LogP contribution in [0.1, 0.15) is 5.56 Å². The molecule has 3 rings (SSSR count). The lowest BCUT2D eigenvalue weighted by Gasteiger charge is -2.18. The fourth-order valence-electron chi connectivity index (χ4n) is 2.30. The number of urea groups is 1. The Morgan fingerprint density at radius 2 is 2.04 bits per heavy atom. The summed E-state index contributed by atoms with van der Waals surface area (Å²) < 4.78 is 15.7. The monoisotopic (exact) mass is 332 g/mol. The van der Waals surface area contributed by atoms with Gasteiger partial charge in [-0.05, 0) is 23.8 Å². The second kappa shape index (κ2) is 7.03. The number of carbonyl (C=O) groups excluding carboxylic acids is 3. The zero-order valence-corrected chi connectivity index (χ0v) is 12.8. The molecule has 0 atom stereocenters. The zero-order valence-electron chi connectivity index (χ0n) is 12.8. The van der Waals surface area contributed by atoms with E-state index in [1.807, 2.05) is 0 Å². The van der Waals surface area contributed by atoms with Crippen LogP contribution in [-0.2, 0) is 14.3 Å². The van der Waals surface area contributed by atoms with Gasteiger partial charge in [-0.15, -0.1) is 0 Å². The molecular weight excluding hydrogens is 316 g/mol.